The van der Waals surface area contributed by atoms with Gasteiger partial charge in [-0.1, -0.05) is 12.1 Å². The van der Waals surface area contributed by atoms with E-state index in [0.29, 0.717) is 17.1 Å². The Hall–Kier alpha value is -2.54. The quantitative estimate of drug-likeness (QED) is 0.857. The highest BCUT2D eigenvalue weighted by Crippen LogP contribution is 2.21. The SMILES string of the molecule is Cc1cccc(NC(=O)[C@@H](C)Oc2ccc(N(C)S(C)(=O)=O)cc2)c1. The van der Waals surface area contributed by atoms with Crippen molar-refractivity contribution in [2.75, 3.05) is 22.9 Å². The van der Waals surface area contributed by atoms with Crippen molar-refractivity contribution in [2.45, 2.75) is 20.0 Å². The molecule has 0 spiro atoms. The van der Waals surface area contributed by atoms with Crippen LogP contribution in [0.3, 0.4) is 0 Å². The molecule has 0 aliphatic heterocycles. The fraction of sp³-hybridized carbons (Fsp3) is 0.278. The molecule has 1 amide bonds. The molecule has 0 unspecified atom stereocenters. The lowest BCUT2D eigenvalue weighted by atomic mass is 10.2. The van der Waals surface area contributed by atoms with Gasteiger partial charge in [0.25, 0.3) is 5.91 Å². The molecule has 2 aromatic carbocycles. The Kier molecular flexibility index (Phi) is 5.69. The van der Waals surface area contributed by atoms with Gasteiger partial charge in [-0.15, -0.1) is 0 Å². The highest BCUT2D eigenvalue weighted by molar-refractivity contribution is 7.92. The average molecular weight is 362 g/mol. The van der Waals surface area contributed by atoms with Crippen LogP contribution in [0.2, 0.25) is 0 Å². The van der Waals surface area contributed by atoms with E-state index >= 15 is 0 Å². The summed E-state index contributed by atoms with van der Waals surface area (Å²) in [6.07, 6.45) is 0.439. The van der Waals surface area contributed by atoms with Gasteiger partial charge >= 0.3 is 0 Å². The second-order valence-corrected chi connectivity index (χ2v) is 7.86. The molecule has 0 aromatic heterocycles. The molecule has 7 heteroatoms. The molecule has 1 atom stereocenters. The van der Waals surface area contributed by atoms with E-state index in [1.54, 1.807) is 31.2 Å². The van der Waals surface area contributed by atoms with E-state index in [4.69, 9.17) is 4.74 Å². The van der Waals surface area contributed by atoms with E-state index in [1.807, 2.05) is 31.2 Å². The van der Waals surface area contributed by atoms with E-state index in [-0.39, 0.29) is 5.91 Å². The van der Waals surface area contributed by atoms with E-state index in [2.05, 4.69) is 5.32 Å². The number of benzene rings is 2. The number of nitrogens with one attached hydrogen (secondary N) is 1. The molecule has 134 valence electrons. The van der Waals surface area contributed by atoms with Crippen LogP contribution < -0.4 is 14.4 Å². The maximum atomic E-state index is 12.2. The Morgan fingerprint density at radius 1 is 1.16 bits per heavy atom. The molecule has 0 heterocycles. The Bertz CT molecular complexity index is 848. The summed E-state index contributed by atoms with van der Waals surface area (Å²) in [6.45, 7) is 3.60. The zero-order chi connectivity index (χ0) is 18.6. The fourth-order valence-electron chi connectivity index (χ4n) is 2.15. The molecular weight excluding hydrogens is 340 g/mol. The maximum Gasteiger partial charge on any atom is 0.265 e. The number of ether oxygens (including phenoxy) is 1. The standard InChI is InChI=1S/C18H22N2O4S/c1-13-6-5-7-15(12-13)19-18(21)14(2)24-17-10-8-16(9-11-17)20(3)25(4,22)23/h5-12,14H,1-4H3,(H,19,21)/t14-/m1/s1. The van der Waals surface area contributed by atoms with Crippen LogP contribution in [0, 0.1) is 6.92 Å². The van der Waals surface area contributed by atoms with Crippen LogP contribution in [-0.4, -0.2) is 33.7 Å². The fourth-order valence-corrected chi connectivity index (χ4v) is 2.66. The van der Waals surface area contributed by atoms with Gasteiger partial charge in [0, 0.05) is 12.7 Å². The van der Waals surface area contributed by atoms with Crippen LogP contribution in [0.25, 0.3) is 0 Å². The van der Waals surface area contributed by atoms with E-state index in [0.717, 1.165) is 11.8 Å². The number of nitrogens with zero attached hydrogens (tertiary/aromatic N) is 1. The molecule has 0 saturated carbocycles. The van der Waals surface area contributed by atoms with E-state index < -0.39 is 16.1 Å². The topological polar surface area (TPSA) is 75.7 Å². The zero-order valence-electron chi connectivity index (χ0n) is 14.7. The summed E-state index contributed by atoms with van der Waals surface area (Å²) in [5.74, 6) is 0.223. The van der Waals surface area contributed by atoms with Crippen molar-refractivity contribution in [1.82, 2.24) is 0 Å². The van der Waals surface area contributed by atoms with Crippen molar-refractivity contribution >= 4 is 27.3 Å². The third kappa shape index (κ3) is 5.22. The van der Waals surface area contributed by atoms with Crippen molar-refractivity contribution in [3.05, 3.63) is 54.1 Å². The summed E-state index contributed by atoms with van der Waals surface area (Å²) in [7, 11) is -1.84. The monoisotopic (exact) mass is 362 g/mol. The summed E-state index contributed by atoms with van der Waals surface area (Å²) in [5.41, 5.74) is 2.29. The normalized spacial score (nSPS) is 12.3. The number of aryl methyl sites for hydroxylation is 1. The molecule has 0 saturated heterocycles. The minimum atomic E-state index is -3.31. The summed E-state index contributed by atoms with van der Waals surface area (Å²) in [5, 5.41) is 2.80. The van der Waals surface area contributed by atoms with Crippen LogP contribution in [0.1, 0.15) is 12.5 Å². The molecule has 25 heavy (non-hydrogen) atoms. The number of hydrogen-bond acceptors (Lipinski definition) is 4. The number of sulfonamides is 1. The van der Waals surface area contributed by atoms with Gasteiger partial charge < -0.3 is 10.1 Å². The number of carbonyl (C=O) groups is 1. The molecule has 0 fully saturated rings. The Morgan fingerprint density at radius 2 is 1.80 bits per heavy atom. The van der Waals surface area contributed by atoms with Gasteiger partial charge in [-0.25, -0.2) is 8.42 Å². The summed E-state index contributed by atoms with van der Waals surface area (Å²) in [6, 6.07) is 14.0. The molecular formula is C18H22N2O4S. The van der Waals surface area contributed by atoms with Crippen molar-refractivity contribution < 1.29 is 17.9 Å². The molecule has 2 rings (SSSR count). The second kappa shape index (κ2) is 7.57. The first-order chi connectivity index (χ1) is 11.7. The Labute approximate surface area is 148 Å². The second-order valence-electron chi connectivity index (χ2n) is 5.84. The maximum absolute atomic E-state index is 12.2. The van der Waals surface area contributed by atoms with Gasteiger partial charge in [-0.2, -0.15) is 0 Å². The van der Waals surface area contributed by atoms with E-state index in [1.165, 1.54) is 11.4 Å². The number of carbonyl (C=O) groups excluding carboxylic acids is 1. The largest absolute Gasteiger partial charge is 0.481 e. The molecule has 0 bridgehead atoms. The zero-order valence-corrected chi connectivity index (χ0v) is 15.5. The molecule has 0 aliphatic carbocycles. The van der Waals surface area contributed by atoms with Crippen LogP contribution in [0.15, 0.2) is 48.5 Å². The first kappa shape index (κ1) is 18.8. The van der Waals surface area contributed by atoms with Gasteiger partial charge in [-0.3, -0.25) is 9.10 Å². The van der Waals surface area contributed by atoms with Gasteiger partial charge in [-0.05, 0) is 55.8 Å². The van der Waals surface area contributed by atoms with Gasteiger partial charge in [0.05, 0.1) is 11.9 Å². The lowest BCUT2D eigenvalue weighted by Gasteiger charge is -2.18. The molecule has 2 aromatic rings. The summed E-state index contributed by atoms with van der Waals surface area (Å²) < 4.78 is 29.8. The van der Waals surface area contributed by atoms with Crippen molar-refractivity contribution in [2.24, 2.45) is 0 Å². The Balaban J connectivity index is 2.00. The van der Waals surface area contributed by atoms with Crippen LogP contribution in [0.4, 0.5) is 11.4 Å². The lowest BCUT2D eigenvalue weighted by molar-refractivity contribution is -0.122. The summed E-state index contributed by atoms with van der Waals surface area (Å²) in [4.78, 5) is 12.2. The number of rotatable bonds is 6. The molecule has 6 nitrogen and oxygen atoms in total. The van der Waals surface area contributed by atoms with E-state index in [9.17, 15) is 13.2 Å². The first-order valence-corrected chi connectivity index (χ1v) is 9.60. The van der Waals surface area contributed by atoms with Crippen LogP contribution in [-0.2, 0) is 14.8 Å². The number of anilines is 2. The predicted molar refractivity (Wildman–Crippen MR) is 99.6 cm³/mol. The highest BCUT2D eigenvalue weighted by Gasteiger charge is 2.16. The smallest absolute Gasteiger partial charge is 0.265 e. The average Bonchev–Trinajstić information content (AvgIpc) is 2.54. The molecule has 0 aliphatic rings. The first-order valence-electron chi connectivity index (χ1n) is 7.75. The highest BCUT2D eigenvalue weighted by atomic mass is 32.2. The van der Waals surface area contributed by atoms with Crippen LogP contribution >= 0.6 is 0 Å². The number of amides is 1. The van der Waals surface area contributed by atoms with Gasteiger partial charge in [0.2, 0.25) is 10.0 Å². The van der Waals surface area contributed by atoms with Gasteiger partial charge in [0.15, 0.2) is 6.10 Å². The van der Waals surface area contributed by atoms with Gasteiger partial charge in [0.1, 0.15) is 5.75 Å². The minimum Gasteiger partial charge on any atom is -0.481 e. The number of hydrogen-bond donors (Lipinski definition) is 1. The predicted octanol–water partition coefficient (Wildman–Crippen LogP) is 2.80. The molecule has 1 N–H and O–H groups in total. The Morgan fingerprint density at radius 3 is 2.36 bits per heavy atom. The van der Waals surface area contributed by atoms with Crippen LogP contribution in [0.5, 0.6) is 5.75 Å². The third-order valence-corrected chi connectivity index (χ3v) is 4.87. The summed E-state index contributed by atoms with van der Waals surface area (Å²) >= 11 is 0. The lowest BCUT2D eigenvalue weighted by Crippen LogP contribution is -2.30. The van der Waals surface area contributed by atoms with Crippen molar-refractivity contribution in [3.8, 4) is 5.75 Å². The third-order valence-electron chi connectivity index (χ3n) is 3.67. The van der Waals surface area contributed by atoms with Crippen molar-refractivity contribution in [3.63, 3.8) is 0 Å². The minimum absolute atomic E-state index is 0.261. The molecule has 0 radical (unpaired) electrons. The van der Waals surface area contributed by atoms with Crippen molar-refractivity contribution in [1.29, 1.82) is 0 Å².